The molecule has 0 unspecified atom stereocenters. The van der Waals surface area contributed by atoms with Crippen LogP contribution in [0.2, 0.25) is 19.6 Å². The molecule has 0 aliphatic carbocycles. The Labute approximate surface area is 135 Å². The molecule has 0 radical (unpaired) electrons. The van der Waals surface area contributed by atoms with Gasteiger partial charge in [0.25, 0.3) is 0 Å². The largest absolute Gasteiger partial charge is 0.354 e. The number of rotatable bonds is 6. The summed E-state index contributed by atoms with van der Waals surface area (Å²) in [6, 6.07) is 0. The molecular formula is C16H29N5Si. The van der Waals surface area contributed by atoms with Crippen LogP contribution in [0.1, 0.15) is 33.5 Å². The first-order chi connectivity index (χ1) is 10.2. The molecule has 22 heavy (non-hydrogen) atoms. The maximum absolute atomic E-state index is 4.42. The highest BCUT2D eigenvalue weighted by Crippen LogP contribution is 2.08. The van der Waals surface area contributed by atoms with Gasteiger partial charge in [0, 0.05) is 13.1 Å². The predicted molar refractivity (Wildman–Crippen MR) is 96.7 cm³/mol. The fourth-order valence-electron chi connectivity index (χ4n) is 1.42. The van der Waals surface area contributed by atoms with Gasteiger partial charge in [0.15, 0.2) is 0 Å². The first-order valence-electron chi connectivity index (χ1n) is 7.92. The molecule has 1 aromatic heterocycles. The number of anilines is 2. The van der Waals surface area contributed by atoms with Crippen molar-refractivity contribution >= 4 is 20.0 Å². The lowest BCUT2D eigenvalue weighted by Gasteiger charge is -2.11. The second-order valence-corrected chi connectivity index (χ2v) is 12.1. The maximum atomic E-state index is 4.42. The van der Waals surface area contributed by atoms with Crippen LogP contribution in [-0.2, 0) is 0 Å². The van der Waals surface area contributed by atoms with Crippen molar-refractivity contribution in [3.63, 3.8) is 0 Å². The minimum atomic E-state index is -1.45. The van der Waals surface area contributed by atoms with Gasteiger partial charge in [0.2, 0.25) is 17.7 Å². The quantitative estimate of drug-likeness (QED) is 0.622. The molecule has 0 fully saturated rings. The minimum absolute atomic E-state index is 0.528. The molecule has 5 nitrogen and oxygen atoms in total. The zero-order valence-corrected chi connectivity index (χ0v) is 15.9. The third kappa shape index (κ3) is 7.98. The Morgan fingerprint density at radius 1 is 0.864 bits per heavy atom. The summed E-state index contributed by atoms with van der Waals surface area (Å²) in [5.74, 6) is 5.89. The van der Waals surface area contributed by atoms with Crippen LogP contribution in [0.3, 0.4) is 0 Å². The smallest absolute Gasteiger partial charge is 0.228 e. The van der Waals surface area contributed by atoms with Crippen LogP contribution in [0.4, 0.5) is 11.9 Å². The van der Waals surface area contributed by atoms with E-state index in [-0.39, 0.29) is 0 Å². The first-order valence-corrected chi connectivity index (χ1v) is 11.4. The van der Waals surface area contributed by atoms with E-state index >= 15 is 0 Å². The molecule has 0 amide bonds. The number of hydrogen-bond donors (Lipinski definition) is 2. The van der Waals surface area contributed by atoms with Crippen molar-refractivity contribution in [1.82, 2.24) is 15.0 Å². The third-order valence-corrected chi connectivity index (χ3v) is 3.40. The molecule has 0 atom stereocenters. The van der Waals surface area contributed by atoms with Crippen LogP contribution in [-0.4, -0.2) is 36.1 Å². The Kier molecular flexibility index (Phi) is 6.82. The lowest BCUT2D eigenvalue weighted by Crippen LogP contribution is -2.17. The number of aromatic nitrogens is 3. The summed E-state index contributed by atoms with van der Waals surface area (Å²) in [5.41, 5.74) is 3.30. The van der Waals surface area contributed by atoms with Crippen molar-refractivity contribution in [2.75, 3.05) is 23.7 Å². The third-order valence-electron chi connectivity index (χ3n) is 2.52. The van der Waals surface area contributed by atoms with Gasteiger partial charge in [-0.05, 0) is 17.8 Å². The molecule has 122 valence electrons. The van der Waals surface area contributed by atoms with Crippen LogP contribution in [0.5, 0.6) is 0 Å². The zero-order chi connectivity index (χ0) is 16.8. The number of hydrogen-bond acceptors (Lipinski definition) is 5. The second kappa shape index (κ2) is 8.13. The van der Waals surface area contributed by atoms with E-state index in [1.807, 2.05) is 0 Å². The molecule has 0 aliphatic heterocycles. The van der Waals surface area contributed by atoms with Crippen LogP contribution in [0.15, 0.2) is 0 Å². The Morgan fingerprint density at radius 2 is 1.32 bits per heavy atom. The van der Waals surface area contributed by atoms with E-state index in [0.717, 1.165) is 13.1 Å². The molecule has 1 heterocycles. The normalized spacial score (nSPS) is 11.3. The average molecular weight is 320 g/mol. The summed E-state index contributed by atoms with van der Waals surface area (Å²) in [6.07, 6.45) is 0. The molecule has 0 aromatic carbocycles. The molecular weight excluding hydrogens is 290 g/mol. The van der Waals surface area contributed by atoms with Gasteiger partial charge in [-0.3, -0.25) is 0 Å². The van der Waals surface area contributed by atoms with Crippen molar-refractivity contribution < 1.29 is 0 Å². The molecule has 0 aliphatic rings. The van der Waals surface area contributed by atoms with Gasteiger partial charge in [-0.15, -0.1) is 5.54 Å². The maximum Gasteiger partial charge on any atom is 0.228 e. The SMILES string of the molecule is CC(C)CNc1nc(C#C[Si](C)(C)C)nc(NCC(C)C)n1. The van der Waals surface area contributed by atoms with Gasteiger partial charge in [0.05, 0.1) is 0 Å². The van der Waals surface area contributed by atoms with E-state index in [2.05, 4.69) is 84.4 Å². The molecule has 6 heteroatoms. The van der Waals surface area contributed by atoms with Crippen LogP contribution in [0.25, 0.3) is 0 Å². The van der Waals surface area contributed by atoms with E-state index in [1.165, 1.54) is 0 Å². The van der Waals surface area contributed by atoms with E-state index in [1.54, 1.807) is 0 Å². The van der Waals surface area contributed by atoms with Gasteiger partial charge < -0.3 is 10.6 Å². The Balaban J connectivity index is 3.00. The summed E-state index contributed by atoms with van der Waals surface area (Å²) < 4.78 is 0. The van der Waals surface area contributed by atoms with Gasteiger partial charge in [-0.2, -0.15) is 15.0 Å². The molecule has 1 rings (SSSR count). The molecule has 0 saturated heterocycles. The summed E-state index contributed by atoms with van der Waals surface area (Å²) in [4.78, 5) is 13.2. The van der Waals surface area contributed by atoms with Crippen molar-refractivity contribution in [2.45, 2.75) is 47.3 Å². The highest BCUT2D eigenvalue weighted by atomic mass is 28.3. The highest BCUT2D eigenvalue weighted by molar-refractivity contribution is 6.83. The number of nitrogens with one attached hydrogen (secondary N) is 2. The fraction of sp³-hybridized carbons (Fsp3) is 0.688. The summed E-state index contributed by atoms with van der Waals surface area (Å²) in [7, 11) is -1.45. The van der Waals surface area contributed by atoms with E-state index < -0.39 is 8.07 Å². The van der Waals surface area contributed by atoms with Crippen molar-refractivity contribution in [2.24, 2.45) is 11.8 Å². The van der Waals surface area contributed by atoms with Crippen molar-refractivity contribution in [3.8, 4) is 11.5 Å². The highest BCUT2D eigenvalue weighted by Gasteiger charge is 2.10. The lowest BCUT2D eigenvalue weighted by atomic mass is 10.2. The van der Waals surface area contributed by atoms with Gasteiger partial charge in [-0.25, -0.2) is 0 Å². The fourth-order valence-corrected chi connectivity index (χ4v) is 1.91. The van der Waals surface area contributed by atoms with E-state index in [9.17, 15) is 0 Å². The Bertz CT molecular complexity index is 507. The van der Waals surface area contributed by atoms with Gasteiger partial charge >= 0.3 is 0 Å². The van der Waals surface area contributed by atoms with E-state index in [4.69, 9.17) is 0 Å². The van der Waals surface area contributed by atoms with Crippen LogP contribution >= 0.6 is 0 Å². The average Bonchev–Trinajstić information content (AvgIpc) is 2.40. The summed E-state index contributed by atoms with van der Waals surface area (Å²) >= 11 is 0. The molecule has 0 bridgehead atoms. The Hall–Kier alpha value is -1.61. The van der Waals surface area contributed by atoms with Crippen LogP contribution in [0, 0.1) is 23.3 Å². The van der Waals surface area contributed by atoms with Crippen molar-refractivity contribution in [1.29, 1.82) is 0 Å². The minimum Gasteiger partial charge on any atom is -0.354 e. The first kappa shape index (κ1) is 18.4. The van der Waals surface area contributed by atoms with Gasteiger partial charge in [-0.1, -0.05) is 47.3 Å². The molecule has 0 saturated carbocycles. The Morgan fingerprint density at radius 3 is 1.68 bits per heavy atom. The standard InChI is InChI=1S/C16H29N5Si/c1-12(2)10-17-15-19-14(8-9-22(5,6)7)20-16(21-15)18-11-13(3)4/h12-13H,10-11H2,1-7H3,(H2,17,18,19,20,21). The lowest BCUT2D eigenvalue weighted by molar-refractivity contribution is 0.678. The topological polar surface area (TPSA) is 62.7 Å². The monoisotopic (exact) mass is 319 g/mol. The predicted octanol–water partition coefficient (Wildman–Crippen LogP) is 3.24. The zero-order valence-electron chi connectivity index (χ0n) is 14.9. The van der Waals surface area contributed by atoms with E-state index in [0.29, 0.717) is 29.6 Å². The van der Waals surface area contributed by atoms with Crippen molar-refractivity contribution in [3.05, 3.63) is 5.82 Å². The second-order valence-electron chi connectivity index (χ2n) is 7.36. The molecule has 2 N–H and O–H groups in total. The van der Waals surface area contributed by atoms with Gasteiger partial charge in [0.1, 0.15) is 8.07 Å². The summed E-state index contributed by atoms with van der Waals surface area (Å²) in [6.45, 7) is 16.9. The number of nitrogens with zero attached hydrogens (tertiary/aromatic N) is 3. The molecule has 0 spiro atoms. The van der Waals surface area contributed by atoms with Crippen LogP contribution < -0.4 is 10.6 Å². The summed E-state index contributed by atoms with van der Waals surface area (Å²) in [5, 5.41) is 6.50. The molecule has 1 aromatic rings.